The minimum Gasteiger partial charge on any atom is -0.361 e. The zero-order valence-electron chi connectivity index (χ0n) is 11.2. The first kappa shape index (κ1) is 13.6. The molecule has 0 amide bonds. The maximum absolute atomic E-state index is 11.6. The Hall–Kier alpha value is -0.820. The standard InChI is InChI=1S/C12H18O6/c1-7(13)9(3)6-12(15)11(5,16-9)17-10(4,18-12)8(2)14/h15H,6H2,1-5H3/t9-,10-,11+,12?/m0/s1. The monoisotopic (exact) mass is 258 g/mol. The molecule has 102 valence electrons. The van der Waals surface area contributed by atoms with Crippen molar-refractivity contribution in [1.82, 2.24) is 0 Å². The first-order valence-electron chi connectivity index (χ1n) is 5.81. The average Bonchev–Trinajstić information content (AvgIpc) is 2.43. The minimum atomic E-state index is -1.81. The molecule has 2 rings (SSSR count). The molecule has 1 unspecified atom stereocenters. The molecule has 0 aliphatic carbocycles. The Kier molecular flexibility index (Phi) is 2.56. The van der Waals surface area contributed by atoms with Crippen LogP contribution in [0.5, 0.6) is 0 Å². The Morgan fingerprint density at radius 2 is 1.56 bits per heavy atom. The van der Waals surface area contributed by atoms with Gasteiger partial charge in [0.15, 0.2) is 11.6 Å². The van der Waals surface area contributed by atoms with Crippen molar-refractivity contribution in [1.29, 1.82) is 0 Å². The number of Topliss-reactive ketones (excluding diaryl/α,β-unsaturated/α-hetero) is 2. The van der Waals surface area contributed by atoms with Crippen molar-refractivity contribution in [3.8, 4) is 0 Å². The summed E-state index contributed by atoms with van der Waals surface area (Å²) < 4.78 is 16.4. The molecule has 6 nitrogen and oxygen atoms in total. The normalized spacial score (nSPS) is 51.2. The Morgan fingerprint density at radius 3 is 1.94 bits per heavy atom. The lowest BCUT2D eigenvalue weighted by Crippen LogP contribution is -2.45. The third kappa shape index (κ3) is 1.56. The van der Waals surface area contributed by atoms with Gasteiger partial charge in [0.05, 0.1) is 0 Å². The number of ether oxygens (including phenoxy) is 3. The predicted molar refractivity (Wildman–Crippen MR) is 59.4 cm³/mol. The van der Waals surface area contributed by atoms with E-state index < -0.39 is 23.0 Å². The molecule has 2 aliphatic heterocycles. The summed E-state index contributed by atoms with van der Waals surface area (Å²) in [6, 6.07) is 0. The molecule has 18 heavy (non-hydrogen) atoms. The second kappa shape index (κ2) is 3.39. The van der Waals surface area contributed by atoms with Crippen LogP contribution >= 0.6 is 0 Å². The third-order valence-corrected chi connectivity index (χ3v) is 3.84. The highest BCUT2D eigenvalue weighted by Gasteiger charge is 2.73. The molecule has 0 bridgehead atoms. The van der Waals surface area contributed by atoms with Gasteiger partial charge in [0.1, 0.15) is 5.60 Å². The molecule has 0 spiro atoms. The van der Waals surface area contributed by atoms with Gasteiger partial charge in [-0.3, -0.25) is 9.59 Å². The van der Waals surface area contributed by atoms with Gasteiger partial charge in [0, 0.05) is 13.3 Å². The summed E-state index contributed by atoms with van der Waals surface area (Å²) >= 11 is 0. The second-order valence-corrected chi connectivity index (χ2v) is 5.50. The van der Waals surface area contributed by atoms with Crippen molar-refractivity contribution in [3.05, 3.63) is 0 Å². The number of carbonyl (C=O) groups excluding carboxylic acids is 2. The van der Waals surface area contributed by atoms with E-state index >= 15 is 0 Å². The van der Waals surface area contributed by atoms with Crippen LogP contribution in [0.2, 0.25) is 0 Å². The van der Waals surface area contributed by atoms with Crippen LogP contribution in [0.15, 0.2) is 0 Å². The summed E-state index contributed by atoms with van der Waals surface area (Å²) in [4.78, 5) is 23.1. The molecule has 4 atom stereocenters. The quantitative estimate of drug-likeness (QED) is 0.777. The first-order valence-corrected chi connectivity index (χ1v) is 5.81. The van der Waals surface area contributed by atoms with Crippen LogP contribution in [-0.4, -0.2) is 39.6 Å². The van der Waals surface area contributed by atoms with Gasteiger partial charge in [-0.25, -0.2) is 0 Å². The number of hydrogen-bond acceptors (Lipinski definition) is 6. The SMILES string of the molecule is CC(=O)[C@]1(C)OC2(O)C[C@@](C)(C(C)=O)O[C@]2(C)O1. The molecular formula is C12H18O6. The Labute approximate surface area is 105 Å². The van der Waals surface area contributed by atoms with E-state index in [1.165, 1.54) is 27.7 Å². The fourth-order valence-electron chi connectivity index (χ4n) is 2.45. The van der Waals surface area contributed by atoms with Gasteiger partial charge in [0.2, 0.25) is 17.4 Å². The third-order valence-electron chi connectivity index (χ3n) is 3.84. The van der Waals surface area contributed by atoms with Crippen LogP contribution in [0.25, 0.3) is 0 Å². The van der Waals surface area contributed by atoms with Crippen LogP contribution in [0.3, 0.4) is 0 Å². The number of ketones is 2. The number of carbonyl (C=O) groups is 2. The summed E-state index contributed by atoms with van der Waals surface area (Å²) in [5.74, 6) is -5.51. The maximum Gasteiger partial charge on any atom is 0.231 e. The lowest BCUT2D eigenvalue weighted by atomic mass is 9.94. The fourth-order valence-corrected chi connectivity index (χ4v) is 2.45. The van der Waals surface area contributed by atoms with Crippen molar-refractivity contribution in [2.24, 2.45) is 0 Å². The molecule has 2 fully saturated rings. The van der Waals surface area contributed by atoms with Crippen LogP contribution in [0.4, 0.5) is 0 Å². The van der Waals surface area contributed by atoms with E-state index in [1.807, 2.05) is 0 Å². The molecule has 6 heteroatoms. The van der Waals surface area contributed by atoms with Gasteiger partial charge in [-0.2, -0.15) is 0 Å². The number of fused-ring (bicyclic) bond motifs is 1. The average molecular weight is 258 g/mol. The lowest BCUT2D eigenvalue weighted by molar-refractivity contribution is -0.271. The summed E-state index contributed by atoms with van der Waals surface area (Å²) in [5, 5.41) is 10.5. The van der Waals surface area contributed by atoms with Crippen molar-refractivity contribution >= 4 is 11.6 Å². The van der Waals surface area contributed by atoms with E-state index in [9.17, 15) is 14.7 Å². The van der Waals surface area contributed by atoms with Crippen LogP contribution in [0.1, 0.15) is 41.0 Å². The molecule has 0 aromatic carbocycles. The highest BCUT2D eigenvalue weighted by Crippen LogP contribution is 2.55. The number of rotatable bonds is 2. The summed E-state index contributed by atoms with van der Waals surface area (Å²) in [5.41, 5.74) is -1.18. The molecule has 0 aromatic rings. The smallest absolute Gasteiger partial charge is 0.231 e. The van der Waals surface area contributed by atoms with Crippen LogP contribution in [0, 0.1) is 0 Å². The summed E-state index contributed by atoms with van der Waals surface area (Å²) in [6.45, 7) is 7.13. The van der Waals surface area contributed by atoms with Gasteiger partial charge in [-0.15, -0.1) is 0 Å². The van der Waals surface area contributed by atoms with Crippen molar-refractivity contribution in [2.45, 2.75) is 64.0 Å². The number of aliphatic hydroxyl groups is 1. The molecule has 0 aromatic heterocycles. The lowest BCUT2D eigenvalue weighted by Gasteiger charge is -2.29. The van der Waals surface area contributed by atoms with E-state index in [-0.39, 0.29) is 18.0 Å². The second-order valence-electron chi connectivity index (χ2n) is 5.50. The zero-order chi connectivity index (χ0) is 14.0. The predicted octanol–water partition coefficient (Wildman–Crippen LogP) is 0.511. The maximum atomic E-state index is 11.6. The Balaban J connectivity index is 2.37. The van der Waals surface area contributed by atoms with Gasteiger partial charge >= 0.3 is 0 Å². The Morgan fingerprint density at radius 1 is 1.00 bits per heavy atom. The largest absolute Gasteiger partial charge is 0.361 e. The van der Waals surface area contributed by atoms with E-state index in [2.05, 4.69) is 0 Å². The van der Waals surface area contributed by atoms with Crippen molar-refractivity contribution in [3.63, 3.8) is 0 Å². The van der Waals surface area contributed by atoms with E-state index in [0.29, 0.717) is 0 Å². The van der Waals surface area contributed by atoms with Gasteiger partial charge in [-0.1, -0.05) is 0 Å². The highest BCUT2D eigenvalue weighted by atomic mass is 16.9. The minimum absolute atomic E-state index is 0.0747. The molecule has 2 saturated heterocycles. The Bertz CT molecular complexity index is 374. The van der Waals surface area contributed by atoms with Gasteiger partial charge < -0.3 is 19.3 Å². The van der Waals surface area contributed by atoms with E-state index in [4.69, 9.17) is 14.2 Å². The van der Waals surface area contributed by atoms with Crippen LogP contribution < -0.4 is 0 Å². The molecule has 0 saturated carbocycles. The van der Waals surface area contributed by atoms with Crippen molar-refractivity contribution < 1.29 is 28.9 Å². The summed E-state index contributed by atoms with van der Waals surface area (Å²) in [7, 11) is 0. The van der Waals surface area contributed by atoms with E-state index in [0.717, 1.165) is 0 Å². The number of hydrogen-bond donors (Lipinski definition) is 1. The molecule has 1 N–H and O–H groups in total. The fraction of sp³-hybridized carbons (Fsp3) is 0.833. The zero-order valence-corrected chi connectivity index (χ0v) is 11.2. The van der Waals surface area contributed by atoms with Crippen molar-refractivity contribution in [2.75, 3.05) is 0 Å². The topological polar surface area (TPSA) is 82.1 Å². The molecule has 2 aliphatic rings. The van der Waals surface area contributed by atoms with Crippen LogP contribution in [-0.2, 0) is 23.8 Å². The molecule has 2 heterocycles. The van der Waals surface area contributed by atoms with Gasteiger partial charge in [0.25, 0.3) is 0 Å². The van der Waals surface area contributed by atoms with Gasteiger partial charge in [-0.05, 0) is 27.7 Å². The first-order chi connectivity index (χ1) is 7.97. The molecule has 0 radical (unpaired) electrons. The highest BCUT2D eigenvalue weighted by molar-refractivity contribution is 5.86. The molecular weight excluding hydrogens is 240 g/mol. The summed E-state index contributed by atoms with van der Waals surface area (Å²) in [6.07, 6.45) is -0.0747. The van der Waals surface area contributed by atoms with E-state index in [1.54, 1.807) is 6.92 Å².